The normalized spacial score (nSPS) is 10.6. The first-order valence-corrected chi connectivity index (χ1v) is 5.03. The zero-order valence-electron chi connectivity index (χ0n) is 9.23. The van der Waals surface area contributed by atoms with Crippen molar-refractivity contribution < 1.29 is 4.79 Å². The van der Waals surface area contributed by atoms with E-state index in [0.717, 1.165) is 11.0 Å². The van der Waals surface area contributed by atoms with E-state index in [4.69, 9.17) is 0 Å². The minimum Gasteiger partial charge on any atom is -0.308 e. The molecule has 1 aromatic heterocycles. The maximum Gasteiger partial charge on any atom is 0.272 e. The lowest BCUT2D eigenvalue weighted by molar-refractivity contribution is -0.116. The van der Waals surface area contributed by atoms with Crippen molar-refractivity contribution in [1.82, 2.24) is 9.55 Å². The van der Waals surface area contributed by atoms with Crippen molar-refractivity contribution in [2.45, 2.75) is 13.3 Å². The van der Waals surface area contributed by atoms with Crippen molar-refractivity contribution in [3.63, 3.8) is 0 Å². The Morgan fingerprint density at radius 2 is 2.06 bits per heavy atom. The Balaban J connectivity index is 2.74. The predicted molar refractivity (Wildman–Crippen MR) is 61.4 cm³/mol. The van der Waals surface area contributed by atoms with E-state index in [1.807, 2.05) is 24.3 Å². The Kier molecular flexibility index (Phi) is 2.56. The Morgan fingerprint density at radius 3 is 2.75 bits per heavy atom. The molecule has 1 aromatic carbocycles. The SMILES string of the molecule is CC(=O)Cc1nc2ccccc2n(C)c1=O. The Labute approximate surface area is 92.5 Å². The summed E-state index contributed by atoms with van der Waals surface area (Å²) < 4.78 is 1.53. The van der Waals surface area contributed by atoms with Crippen molar-refractivity contribution in [2.24, 2.45) is 7.05 Å². The number of aromatic nitrogens is 2. The topological polar surface area (TPSA) is 52.0 Å². The summed E-state index contributed by atoms with van der Waals surface area (Å²) in [7, 11) is 1.69. The molecular weight excluding hydrogens is 204 g/mol. The molecule has 0 amide bonds. The van der Waals surface area contributed by atoms with Gasteiger partial charge in [-0.3, -0.25) is 9.59 Å². The maximum absolute atomic E-state index is 11.9. The number of Topliss-reactive ketones (excluding diaryl/α,β-unsaturated/α-hetero) is 1. The molecule has 0 saturated carbocycles. The number of carbonyl (C=O) groups excluding carboxylic acids is 1. The highest BCUT2D eigenvalue weighted by molar-refractivity contribution is 5.79. The summed E-state index contributed by atoms with van der Waals surface area (Å²) in [6.45, 7) is 1.45. The van der Waals surface area contributed by atoms with Gasteiger partial charge in [-0.2, -0.15) is 0 Å². The van der Waals surface area contributed by atoms with Gasteiger partial charge in [-0.25, -0.2) is 4.98 Å². The van der Waals surface area contributed by atoms with Gasteiger partial charge >= 0.3 is 0 Å². The highest BCUT2D eigenvalue weighted by Gasteiger charge is 2.09. The van der Waals surface area contributed by atoms with Gasteiger partial charge in [0.15, 0.2) is 0 Å². The third-order valence-corrected chi connectivity index (χ3v) is 2.47. The lowest BCUT2D eigenvalue weighted by Gasteiger charge is -2.06. The number of hydrogen-bond donors (Lipinski definition) is 0. The average molecular weight is 216 g/mol. The van der Waals surface area contributed by atoms with Gasteiger partial charge in [0, 0.05) is 7.05 Å². The summed E-state index contributed by atoms with van der Waals surface area (Å²) in [4.78, 5) is 27.1. The van der Waals surface area contributed by atoms with Crippen LogP contribution in [0.5, 0.6) is 0 Å². The zero-order valence-corrected chi connectivity index (χ0v) is 9.23. The molecule has 0 N–H and O–H groups in total. The van der Waals surface area contributed by atoms with Crippen molar-refractivity contribution >= 4 is 16.8 Å². The molecule has 0 fully saturated rings. The standard InChI is InChI=1S/C12H12N2O2/c1-8(15)7-10-12(16)14(2)11-6-4-3-5-9(11)13-10/h3-6H,7H2,1-2H3. The second kappa shape index (κ2) is 3.89. The highest BCUT2D eigenvalue weighted by atomic mass is 16.1. The first kappa shape index (κ1) is 10.5. The molecule has 4 nitrogen and oxygen atoms in total. The van der Waals surface area contributed by atoms with Crippen LogP contribution in [0.2, 0.25) is 0 Å². The number of aryl methyl sites for hydroxylation is 1. The van der Waals surface area contributed by atoms with Crippen LogP contribution < -0.4 is 5.56 Å². The number of carbonyl (C=O) groups is 1. The Hall–Kier alpha value is -1.97. The number of fused-ring (bicyclic) bond motifs is 1. The molecule has 0 aliphatic heterocycles. The van der Waals surface area contributed by atoms with Gasteiger partial charge in [0.25, 0.3) is 5.56 Å². The molecule has 2 rings (SSSR count). The smallest absolute Gasteiger partial charge is 0.272 e. The summed E-state index contributed by atoms with van der Waals surface area (Å²) >= 11 is 0. The molecule has 0 unspecified atom stereocenters. The van der Waals surface area contributed by atoms with E-state index in [0.29, 0.717) is 5.69 Å². The van der Waals surface area contributed by atoms with Gasteiger partial charge in [-0.15, -0.1) is 0 Å². The van der Waals surface area contributed by atoms with Crippen molar-refractivity contribution in [3.8, 4) is 0 Å². The van der Waals surface area contributed by atoms with Crippen LogP contribution in [0.4, 0.5) is 0 Å². The van der Waals surface area contributed by atoms with E-state index in [9.17, 15) is 9.59 Å². The fourth-order valence-electron chi connectivity index (χ4n) is 1.69. The molecule has 0 aliphatic rings. The molecule has 2 aromatic rings. The van der Waals surface area contributed by atoms with Gasteiger partial charge in [0.2, 0.25) is 0 Å². The van der Waals surface area contributed by atoms with Crippen LogP contribution in [0, 0.1) is 0 Å². The Morgan fingerprint density at radius 1 is 1.38 bits per heavy atom. The van der Waals surface area contributed by atoms with Gasteiger partial charge in [-0.1, -0.05) is 12.1 Å². The van der Waals surface area contributed by atoms with Gasteiger partial charge in [-0.05, 0) is 19.1 Å². The van der Waals surface area contributed by atoms with Crippen LogP contribution in [0.3, 0.4) is 0 Å². The third-order valence-electron chi connectivity index (χ3n) is 2.47. The van der Waals surface area contributed by atoms with Crippen LogP contribution in [-0.2, 0) is 18.3 Å². The summed E-state index contributed by atoms with van der Waals surface area (Å²) in [6, 6.07) is 7.38. The Bertz CT molecular complexity index is 614. The van der Waals surface area contributed by atoms with Gasteiger partial charge in [0.05, 0.1) is 17.5 Å². The van der Waals surface area contributed by atoms with Crippen molar-refractivity contribution in [3.05, 3.63) is 40.3 Å². The molecule has 0 spiro atoms. The summed E-state index contributed by atoms with van der Waals surface area (Å²) in [5, 5.41) is 0. The van der Waals surface area contributed by atoms with Crippen LogP contribution in [0.15, 0.2) is 29.1 Å². The largest absolute Gasteiger partial charge is 0.308 e. The molecule has 16 heavy (non-hydrogen) atoms. The number of ketones is 1. The minimum absolute atomic E-state index is 0.0557. The van der Waals surface area contributed by atoms with Crippen LogP contribution in [-0.4, -0.2) is 15.3 Å². The van der Waals surface area contributed by atoms with Crippen LogP contribution >= 0.6 is 0 Å². The molecule has 1 heterocycles. The van der Waals surface area contributed by atoms with Crippen molar-refractivity contribution in [2.75, 3.05) is 0 Å². The summed E-state index contributed by atoms with van der Waals surface area (Å²) in [5.74, 6) is -0.0557. The maximum atomic E-state index is 11.9. The lowest BCUT2D eigenvalue weighted by atomic mass is 10.2. The molecule has 0 aliphatic carbocycles. The molecule has 0 saturated heterocycles. The molecule has 4 heteroatoms. The second-order valence-corrected chi connectivity index (χ2v) is 3.79. The van der Waals surface area contributed by atoms with Gasteiger partial charge < -0.3 is 4.57 Å². The number of rotatable bonds is 2. The number of para-hydroxylation sites is 2. The highest BCUT2D eigenvalue weighted by Crippen LogP contribution is 2.08. The fraction of sp³-hybridized carbons (Fsp3) is 0.250. The number of benzene rings is 1. The predicted octanol–water partition coefficient (Wildman–Crippen LogP) is 1.06. The lowest BCUT2D eigenvalue weighted by Crippen LogP contribution is -2.24. The van der Waals surface area contributed by atoms with E-state index in [2.05, 4.69) is 4.98 Å². The van der Waals surface area contributed by atoms with E-state index in [1.54, 1.807) is 7.05 Å². The number of nitrogens with zero attached hydrogens (tertiary/aromatic N) is 2. The van der Waals surface area contributed by atoms with E-state index in [-0.39, 0.29) is 17.8 Å². The monoisotopic (exact) mass is 216 g/mol. The number of hydrogen-bond acceptors (Lipinski definition) is 3. The minimum atomic E-state index is -0.200. The summed E-state index contributed by atoms with van der Waals surface area (Å²) in [6.07, 6.45) is 0.0947. The van der Waals surface area contributed by atoms with Crippen molar-refractivity contribution in [1.29, 1.82) is 0 Å². The van der Waals surface area contributed by atoms with E-state index < -0.39 is 0 Å². The molecule has 0 radical (unpaired) electrons. The zero-order chi connectivity index (χ0) is 11.7. The fourth-order valence-corrected chi connectivity index (χ4v) is 1.69. The van der Waals surface area contributed by atoms with Gasteiger partial charge in [0.1, 0.15) is 11.5 Å². The quantitative estimate of drug-likeness (QED) is 0.754. The molecule has 0 bridgehead atoms. The van der Waals surface area contributed by atoms with Crippen LogP contribution in [0.25, 0.3) is 11.0 Å². The summed E-state index contributed by atoms with van der Waals surface area (Å²) in [5.41, 5.74) is 1.63. The first-order valence-electron chi connectivity index (χ1n) is 5.03. The second-order valence-electron chi connectivity index (χ2n) is 3.79. The molecule has 0 atom stereocenters. The molecular formula is C12H12N2O2. The van der Waals surface area contributed by atoms with Crippen LogP contribution in [0.1, 0.15) is 12.6 Å². The molecule has 82 valence electrons. The first-order chi connectivity index (χ1) is 7.59. The average Bonchev–Trinajstić information content (AvgIpc) is 2.25. The van der Waals surface area contributed by atoms with E-state index in [1.165, 1.54) is 11.5 Å². The third kappa shape index (κ3) is 1.74. The van der Waals surface area contributed by atoms with E-state index >= 15 is 0 Å².